The van der Waals surface area contributed by atoms with Gasteiger partial charge < -0.3 is 36.8 Å². The first kappa shape index (κ1) is 23.4. The molecule has 2 fully saturated rings. The van der Waals surface area contributed by atoms with Crippen LogP contribution in [0.4, 0.5) is 0 Å². The maximum Gasteiger partial charge on any atom is 0.353 e. The number of hydrogen-bond acceptors (Lipinski definition) is 7. The molecule has 0 aromatic heterocycles. The second-order valence-electron chi connectivity index (χ2n) is 8.35. The number of aliphatic hydroxyl groups is 1. The number of carbonyl (C=O) groups is 3. The summed E-state index contributed by atoms with van der Waals surface area (Å²) in [5, 5.41) is 23.2. The van der Waals surface area contributed by atoms with Crippen molar-refractivity contribution >= 4 is 35.5 Å². The number of carboxylic acid groups (broad SMARTS) is 1. The van der Waals surface area contributed by atoms with E-state index in [4.69, 9.17) is 11.5 Å². The summed E-state index contributed by atoms with van der Waals surface area (Å²) in [5.74, 6) is -2.62. The number of carbonyl (C=O) groups excluding carboxylic acids is 2. The molecule has 7 N–H and O–H groups in total. The zero-order valence-corrected chi connectivity index (χ0v) is 18.6. The van der Waals surface area contributed by atoms with E-state index in [2.05, 4.69) is 10.3 Å². The van der Waals surface area contributed by atoms with Gasteiger partial charge in [-0.25, -0.2) is 4.79 Å². The Morgan fingerprint density at radius 3 is 2.61 bits per heavy atom. The molecule has 0 aromatic carbocycles. The summed E-state index contributed by atoms with van der Waals surface area (Å²) in [5.41, 5.74) is 10.8. The molecule has 6 atom stereocenters. The third-order valence-corrected chi connectivity index (χ3v) is 7.43. The number of amides is 2. The van der Waals surface area contributed by atoms with Crippen LogP contribution in [0, 0.1) is 11.8 Å². The standard InChI is InChI=1S/C19H30N6O5S/c1-8(26)12-13-10(4-5-22-19(20)21)15(14(18(29)30)25(13)17(12)28)31-9-6-11(23-7-9)16(27)24(2)3/h8-13,23,26H,4-7H2,1-3H3,(H,29,30)(H4,20,21,22)/t8-,9+,10-,11+,12-,13-/m1/s1. The van der Waals surface area contributed by atoms with E-state index in [1.165, 1.54) is 28.5 Å². The lowest BCUT2D eigenvalue weighted by Crippen LogP contribution is -2.64. The zero-order chi connectivity index (χ0) is 23.0. The minimum Gasteiger partial charge on any atom is -0.477 e. The van der Waals surface area contributed by atoms with Crippen LogP contribution in [0.3, 0.4) is 0 Å². The molecule has 0 aliphatic carbocycles. The molecule has 0 radical (unpaired) electrons. The van der Waals surface area contributed by atoms with Crippen molar-refractivity contribution < 1.29 is 24.6 Å². The fraction of sp³-hybridized carbons (Fsp3) is 0.684. The van der Waals surface area contributed by atoms with Gasteiger partial charge in [0.25, 0.3) is 0 Å². The van der Waals surface area contributed by atoms with E-state index in [1.807, 2.05) is 0 Å². The molecule has 0 saturated carbocycles. The molecule has 31 heavy (non-hydrogen) atoms. The fourth-order valence-corrected chi connectivity index (χ4v) is 6.18. The van der Waals surface area contributed by atoms with E-state index in [0.717, 1.165) is 0 Å². The lowest BCUT2D eigenvalue weighted by Gasteiger charge is -2.47. The van der Waals surface area contributed by atoms with Gasteiger partial charge in [0.1, 0.15) is 5.70 Å². The first-order chi connectivity index (χ1) is 14.5. The van der Waals surface area contributed by atoms with Crippen molar-refractivity contribution in [2.24, 2.45) is 28.3 Å². The molecular formula is C19H30N6O5S. The summed E-state index contributed by atoms with van der Waals surface area (Å²) in [6.45, 7) is 2.36. The van der Waals surface area contributed by atoms with Gasteiger partial charge in [-0.3, -0.25) is 14.6 Å². The van der Waals surface area contributed by atoms with Gasteiger partial charge in [0.05, 0.1) is 24.1 Å². The number of nitrogens with zero attached hydrogens (tertiary/aromatic N) is 3. The molecule has 172 valence electrons. The summed E-state index contributed by atoms with van der Waals surface area (Å²) in [6.07, 6.45) is 0.0976. The average molecular weight is 455 g/mol. The number of carboxylic acids is 1. The monoisotopic (exact) mass is 454 g/mol. The third kappa shape index (κ3) is 4.37. The van der Waals surface area contributed by atoms with E-state index in [-0.39, 0.29) is 47.2 Å². The number of rotatable bonds is 8. The van der Waals surface area contributed by atoms with Gasteiger partial charge in [-0.05, 0) is 19.8 Å². The van der Waals surface area contributed by atoms with Crippen LogP contribution < -0.4 is 16.8 Å². The molecule has 3 rings (SSSR count). The number of aliphatic carboxylic acids is 1. The highest BCUT2D eigenvalue weighted by Gasteiger charge is 2.61. The topological polar surface area (TPSA) is 175 Å². The Kier molecular flexibility index (Phi) is 6.82. The first-order valence-corrected chi connectivity index (χ1v) is 11.1. The molecule has 0 unspecified atom stereocenters. The highest BCUT2D eigenvalue weighted by atomic mass is 32.2. The SMILES string of the molecule is C[C@@H](O)[C@H]1C(=O)N2C(C(=O)O)=C(S[C@@H]3CN[C@H](C(=O)N(C)C)C3)[C@H](CCN=C(N)N)[C@H]12. The van der Waals surface area contributed by atoms with Gasteiger partial charge in [0.15, 0.2) is 5.96 Å². The number of nitrogens with one attached hydrogen (secondary N) is 1. The smallest absolute Gasteiger partial charge is 0.353 e. The number of thioether (sulfide) groups is 1. The normalized spacial score (nSPS) is 30.6. The number of aliphatic hydroxyl groups excluding tert-OH is 1. The summed E-state index contributed by atoms with van der Waals surface area (Å²) < 4.78 is 0. The molecular weight excluding hydrogens is 424 g/mol. The molecule has 12 heteroatoms. The molecule has 2 saturated heterocycles. The molecule has 0 aromatic rings. The van der Waals surface area contributed by atoms with Crippen LogP contribution in [0.15, 0.2) is 15.6 Å². The predicted octanol–water partition coefficient (Wildman–Crippen LogP) is -1.66. The minimum absolute atomic E-state index is 0.0253. The lowest BCUT2D eigenvalue weighted by atomic mass is 9.77. The Morgan fingerprint density at radius 2 is 2.06 bits per heavy atom. The van der Waals surface area contributed by atoms with Crippen molar-refractivity contribution in [3.05, 3.63) is 10.6 Å². The van der Waals surface area contributed by atoms with E-state index in [0.29, 0.717) is 24.3 Å². The Labute approximate surface area is 184 Å². The van der Waals surface area contributed by atoms with E-state index >= 15 is 0 Å². The number of β-lactam (4-membered cyclic amide) rings is 1. The first-order valence-electron chi connectivity index (χ1n) is 10.2. The fourth-order valence-electron chi connectivity index (χ4n) is 4.62. The van der Waals surface area contributed by atoms with E-state index < -0.39 is 24.0 Å². The molecule has 2 amide bonds. The van der Waals surface area contributed by atoms with Crippen LogP contribution in [0.2, 0.25) is 0 Å². The average Bonchev–Trinajstić information content (AvgIpc) is 3.22. The van der Waals surface area contributed by atoms with Crippen molar-refractivity contribution in [3.8, 4) is 0 Å². The Balaban J connectivity index is 1.87. The van der Waals surface area contributed by atoms with Crippen LogP contribution in [-0.4, -0.2) is 94.4 Å². The summed E-state index contributed by atoms with van der Waals surface area (Å²) in [7, 11) is 3.39. The van der Waals surface area contributed by atoms with Crippen LogP contribution in [0.25, 0.3) is 0 Å². The van der Waals surface area contributed by atoms with Crippen molar-refractivity contribution in [2.75, 3.05) is 27.2 Å². The molecule has 3 aliphatic heterocycles. The number of fused-ring (bicyclic) bond motifs is 1. The van der Waals surface area contributed by atoms with Crippen LogP contribution in [0.1, 0.15) is 19.8 Å². The second-order valence-corrected chi connectivity index (χ2v) is 9.70. The molecule has 11 nitrogen and oxygen atoms in total. The van der Waals surface area contributed by atoms with E-state index in [9.17, 15) is 24.6 Å². The van der Waals surface area contributed by atoms with Crippen molar-refractivity contribution in [2.45, 2.75) is 43.2 Å². The highest BCUT2D eigenvalue weighted by Crippen LogP contribution is 2.53. The van der Waals surface area contributed by atoms with Crippen molar-refractivity contribution in [3.63, 3.8) is 0 Å². The quantitative estimate of drug-likeness (QED) is 0.163. The number of aliphatic imine (C=N–C) groups is 1. The largest absolute Gasteiger partial charge is 0.477 e. The Hall–Kier alpha value is -2.31. The Morgan fingerprint density at radius 1 is 1.39 bits per heavy atom. The van der Waals surface area contributed by atoms with Crippen LogP contribution in [-0.2, 0) is 14.4 Å². The summed E-state index contributed by atoms with van der Waals surface area (Å²) >= 11 is 1.39. The minimum atomic E-state index is -1.18. The maximum absolute atomic E-state index is 12.7. The number of guanidine groups is 1. The molecule has 3 heterocycles. The second kappa shape index (κ2) is 9.05. The molecule has 3 aliphatic rings. The highest BCUT2D eigenvalue weighted by molar-refractivity contribution is 8.03. The number of likely N-dealkylation sites (N-methyl/N-ethyl adjacent to an activating group) is 1. The Bertz CT molecular complexity index is 825. The summed E-state index contributed by atoms with van der Waals surface area (Å²) in [4.78, 5) is 44.5. The lowest BCUT2D eigenvalue weighted by molar-refractivity contribution is -0.163. The van der Waals surface area contributed by atoms with Crippen molar-refractivity contribution in [1.82, 2.24) is 15.1 Å². The van der Waals surface area contributed by atoms with Crippen LogP contribution in [0.5, 0.6) is 0 Å². The van der Waals surface area contributed by atoms with Gasteiger partial charge in [0, 0.05) is 43.3 Å². The van der Waals surface area contributed by atoms with Gasteiger partial charge >= 0.3 is 5.97 Å². The van der Waals surface area contributed by atoms with Crippen molar-refractivity contribution in [1.29, 1.82) is 0 Å². The van der Waals surface area contributed by atoms with Gasteiger partial charge in [0.2, 0.25) is 11.8 Å². The van der Waals surface area contributed by atoms with Gasteiger partial charge in [-0.2, -0.15) is 0 Å². The molecule has 0 spiro atoms. The van der Waals surface area contributed by atoms with Crippen LogP contribution >= 0.6 is 11.8 Å². The zero-order valence-electron chi connectivity index (χ0n) is 17.8. The van der Waals surface area contributed by atoms with Gasteiger partial charge in [-0.15, -0.1) is 11.8 Å². The number of nitrogens with two attached hydrogens (primary N) is 2. The third-order valence-electron chi connectivity index (χ3n) is 5.99. The van der Waals surface area contributed by atoms with Gasteiger partial charge in [-0.1, -0.05) is 0 Å². The van der Waals surface area contributed by atoms with E-state index in [1.54, 1.807) is 14.1 Å². The summed E-state index contributed by atoms with van der Waals surface area (Å²) in [6, 6.07) is -0.768. The maximum atomic E-state index is 12.7. The molecule has 0 bridgehead atoms. The predicted molar refractivity (Wildman–Crippen MR) is 116 cm³/mol. The number of hydrogen-bond donors (Lipinski definition) is 5.